The van der Waals surface area contributed by atoms with E-state index in [-0.39, 0.29) is 0 Å². The van der Waals surface area contributed by atoms with Crippen molar-refractivity contribution in [2.75, 3.05) is 0 Å². The smallest absolute Gasteiger partial charge is 0.153 e. The van der Waals surface area contributed by atoms with Crippen LogP contribution in [0.5, 0.6) is 0 Å². The molecule has 0 fully saturated rings. The van der Waals surface area contributed by atoms with E-state index < -0.39 is 0 Å². The molecule has 3 heterocycles. The minimum atomic E-state index is 0.812. The van der Waals surface area contributed by atoms with Gasteiger partial charge in [-0.05, 0) is 49.2 Å². The van der Waals surface area contributed by atoms with Crippen LogP contribution in [0.25, 0.3) is 33.3 Å². The molecule has 0 aliphatic heterocycles. The largest absolute Gasteiger partial charge is 0.454 e. The monoisotopic (exact) mass is 274 g/mol. The van der Waals surface area contributed by atoms with Gasteiger partial charge in [-0.3, -0.25) is 9.97 Å². The first-order chi connectivity index (χ1) is 10.2. The van der Waals surface area contributed by atoms with Crippen LogP contribution in [0, 0.1) is 13.8 Å². The molecule has 0 N–H and O–H groups in total. The van der Waals surface area contributed by atoms with E-state index in [9.17, 15) is 0 Å². The summed E-state index contributed by atoms with van der Waals surface area (Å²) >= 11 is 0. The van der Waals surface area contributed by atoms with Gasteiger partial charge >= 0.3 is 0 Å². The normalized spacial score (nSPS) is 11.3. The van der Waals surface area contributed by atoms with Crippen LogP contribution in [0.1, 0.15) is 11.1 Å². The molecule has 0 aliphatic rings. The lowest BCUT2D eigenvalue weighted by atomic mass is 10.0. The number of hydrogen-bond donors (Lipinski definition) is 0. The van der Waals surface area contributed by atoms with E-state index in [1.807, 2.05) is 31.3 Å². The lowest BCUT2D eigenvalue weighted by molar-refractivity contribution is 0.668. The Morgan fingerprint density at radius 3 is 2.67 bits per heavy atom. The lowest BCUT2D eigenvalue weighted by Crippen LogP contribution is -1.88. The molecule has 3 aromatic heterocycles. The highest BCUT2D eigenvalue weighted by atomic mass is 16.3. The second kappa shape index (κ2) is 4.42. The average molecular weight is 274 g/mol. The van der Waals surface area contributed by atoms with Gasteiger partial charge in [-0.2, -0.15) is 0 Å². The number of rotatable bonds is 1. The topological polar surface area (TPSA) is 38.9 Å². The van der Waals surface area contributed by atoms with E-state index in [0.29, 0.717) is 0 Å². The molecule has 4 rings (SSSR count). The van der Waals surface area contributed by atoms with Crippen molar-refractivity contribution in [2.24, 2.45) is 0 Å². The zero-order valence-electron chi connectivity index (χ0n) is 11.9. The molecule has 3 nitrogen and oxygen atoms in total. The average Bonchev–Trinajstić information content (AvgIpc) is 2.87. The van der Waals surface area contributed by atoms with Gasteiger partial charge in [0.15, 0.2) is 5.58 Å². The SMILES string of the molecule is Cc1ccc(-c2c(C)ccc3c2oc2cccnc23)nc1. The van der Waals surface area contributed by atoms with Gasteiger partial charge in [0.2, 0.25) is 0 Å². The number of nitrogens with zero attached hydrogens (tertiary/aromatic N) is 2. The highest BCUT2D eigenvalue weighted by molar-refractivity contribution is 6.07. The summed E-state index contributed by atoms with van der Waals surface area (Å²) in [6.07, 6.45) is 3.68. The second-order valence-electron chi connectivity index (χ2n) is 5.31. The van der Waals surface area contributed by atoms with E-state index >= 15 is 0 Å². The van der Waals surface area contributed by atoms with E-state index in [1.165, 1.54) is 0 Å². The number of fused-ring (bicyclic) bond motifs is 3. The Hall–Kier alpha value is -2.68. The molecule has 0 bridgehead atoms. The van der Waals surface area contributed by atoms with Crippen LogP contribution in [0.4, 0.5) is 0 Å². The Kier molecular flexibility index (Phi) is 2.54. The van der Waals surface area contributed by atoms with Gasteiger partial charge in [-0.25, -0.2) is 0 Å². The number of aryl methyl sites for hydroxylation is 2. The third-order valence-electron chi connectivity index (χ3n) is 3.77. The third-order valence-corrected chi connectivity index (χ3v) is 3.77. The van der Waals surface area contributed by atoms with Crippen molar-refractivity contribution in [2.45, 2.75) is 13.8 Å². The Bertz CT molecular complexity index is 952. The van der Waals surface area contributed by atoms with Crippen molar-refractivity contribution in [1.29, 1.82) is 0 Å². The van der Waals surface area contributed by atoms with E-state index in [2.05, 4.69) is 35.1 Å². The molecular formula is C18H14N2O. The van der Waals surface area contributed by atoms with Crippen molar-refractivity contribution in [3.63, 3.8) is 0 Å². The molecule has 0 radical (unpaired) electrons. The van der Waals surface area contributed by atoms with Gasteiger partial charge in [-0.1, -0.05) is 12.1 Å². The molecule has 3 heteroatoms. The zero-order chi connectivity index (χ0) is 14.4. The Labute approximate surface area is 122 Å². The summed E-state index contributed by atoms with van der Waals surface area (Å²) in [6, 6.07) is 12.1. The Morgan fingerprint density at radius 2 is 1.86 bits per heavy atom. The quantitative estimate of drug-likeness (QED) is 0.506. The molecule has 4 aromatic rings. The molecule has 102 valence electrons. The maximum absolute atomic E-state index is 6.05. The van der Waals surface area contributed by atoms with Crippen molar-refractivity contribution in [3.8, 4) is 11.3 Å². The predicted octanol–water partition coefficient (Wildman–Crippen LogP) is 4.66. The molecule has 0 unspecified atom stereocenters. The summed E-state index contributed by atoms with van der Waals surface area (Å²) in [5.41, 5.74) is 6.85. The van der Waals surface area contributed by atoms with E-state index in [4.69, 9.17) is 4.42 Å². The molecule has 0 atom stereocenters. The third kappa shape index (κ3) is 1.82. The fraction of sp³-hybridized carbons (Fsp3) is 0.111. The summed E-state index contributed by atoms with van der Waals surface area (Å²) in [7, 11) is 0. The first-order valence-corrected chi connectivity index (χ1v) is 6.94. The van der Waals surface area contributed by atoms with Crippen LogP contribution in [0.15, 0.2) is 53.2 Å². The molecule has 0 saturated heterocycles. The van der Waals surface area contributed by atoms with Gasteiger partial charge < -0.3 is 4.42 Å². The van der Waals surface area contributed by atoms with Crippen molar-refractivity contribution < 1.29 is 4.42 Å². The van der Waals surface area contributed by atoms with E-state index in [0.717, 1.165) is 44.5 Å². The number of furan rings is 1. The molecule has 0 aliphatic carbocycles. The molecule has 0 amide bonds. The summed E-state index contributed by atoms with van der Waals surface area (Å²) < 4.78 is 6.05. The Balaban J connectivity index is 2.12. The maximum atomic E-state index is 6.05. The summed E-state index contributed by atoms with van der Waals surface area (Å²) in [4.78, 5) is 8.98. The first-order valence-electron chi connectivity index (χ1n) is 6.94. The van der Waals surface area contributed by atoms with Crippen molar-refractivity contribution in [3.05, 3.63) is 59.9 Å². The second-order valence-corrected chi connectivity index (χ2v) is 5.31. The van der Waals surface area contributed by atoms with Crippen LogP contribution >= 0.6 is 0 Å². The fourth-order valence-corrected chi connectivity index (χ4v) is 2.69. The number of pyridine rings is 2. The fourth-order valence-electron chi connectivity index (χ4n) is 2.69. The zero-order valence-corrected chi connectivity index (χ0v) is 11.9. The Morgan fingerprint density at radius 1 is 0.952 bits per heavy atom. The minimum absolute atomic E-state index is 0.812. The highest BCUT2D eigenvalue weighted by Crippen LogP contribution is 2.36. The van der Waals surface area contributed by atoms with E-state index in [1.54, 1.807) is 6.20 Å². The van der Waals surface area contributed by atoms with Gasteiger partial charge in [0, 0.05) is 23.3 Å². The van der Waals surface area contributed by atoms with Gasteiger partial charge in [0.1, 0.15) is 11.1 Å². The van der Waals surface area contributed by atoms with Gasteiger partial charge in [-0.15, -0.1) is 0 Å². The predicted molar refractivity (Wildman–Crippen MR) is 84.2 cm³/mol. The summed E-state index contributed by atoms with van der Waals surface area (Å²) in [5, 5.41) is 1.04. The molecule has 0 spiro atoms. The van der Waals surface area contributed by atoms with Crippen LogP contribution in [-0.2, 0) is 0 Å². The van der Waals surface area contributed by atoms with Crippen LogP contribution in [0.3, 0.4) is 0 Å². The maximum Gasteiger partial charge on any atom is 0.153 e. The highest BCUT2D eigenvalue weighted by Gasteiger charge is 2.15. The molecule has 0 saturated carbocycles. The molecular weight excluding hydrogens is 260 g/mol. The number of benzene rings is 1. The van der Waals surface area contributed by atoms with Gasteiger partial charge in [0.25, 0.3) is 0 Å². The van der Waals surface area contributed by atoms with Crippen LogP contribution < -0.4 is 0 Å². The number of aromatic nitrogens is 2. The lowest BCUT2D eigenvalue weighted by Gasteiger charge is -2.06. The van der Waals surface area contributed by atoms with Crippen LogP contribution in [0.2, 0.25) is 0 Å². The van der Waals surface area contributed by atoms with Crippen LogP contribution in [-0.4, -0.2) is 9.97 Å². The van der Waals surface area contributed by atoms with Crippen molar-refractivity contribution >= 4 is 22.1 Å². The minimum Gasteiger partial charge on any atom is -0.454 e. The molecule has 1 aromatic carbocycles. The number of hydrogen-bond acceptors (Lipinski definition) is 3. The standard InChI is InChI=1S/C18H14N2O/c1-11-5-8-14(20-10-11)16-12(2)6-7-13-17-15(21-18(13)16)4-3-9-19-17/h3-10H,1-2H3. The molecule has 21 heavy (non-hydrogen) atoms. The summed E-state index contributed by atoms with van der Waals surface area (Å²) in [6.45, 7) is 4.12. The van der Waals surface area contributed by atoms with Crippen molar-refractivity contribution in [1.82, 2.24) is 9.97 Å². The summed E-state index contributed by atoms with van der Waals surface area (Å²) in [5.74, 6) is 0. The van der Waals surface area contributed by atoms with Gasteiger partial charge in [0.05, 0.1) is 5.69 Å². The first kappa shape index (κ1) is 12.1.